The van der Waals surface area contributed by atoms with Crippen LogP contribution in [0.25, 0.3) is 0 Å². The fourth-order valence-electron chi connectivity index (χ4n) is 2.79. The Morgan fingerprint density at radius 2 is 2.07 bits per heavy atom. The highest BCUT2D eigenvalue weighted by Gasteiger charge is 2.25. The number of nitrogens with two attached hydrogens (primary N) is 1. The third kappa shape index (κ3) is 4.70. The van der Waals surface area contributed by atoms with Crippen molar-refractivity contribution in [1.29, 1.82) is 0 Å². The van der Waals surface area contributed by atoms with Crippen LogP contribution in [0.2, 0.25) is 10.0 Å². The molecule has 1 aromatic carbocycles. The minimum atomic E-state index is -0.508. The topological polar surface area (TPSA) is 93.5 Å². The van der Waals surface area contributed by atoms with E-state index < -0.39 is 11.8 Å². The van der Waals surface area contributed by atoms with Crippen LogP contribution in [0.4, 0.5) is 5.00 Å². The molecule has 6 nitrogen and oxygen atoms in total. The molecule has 10 heteroatoms. The Morgan fingerprint density at radius 1 is 1.30 bits per heavy atom. The summed E-state index contributed by atoms with van der Waals surface area (Å²) in [6, 6.07) is 4.69. The lowest BCUT2D eigenvalue weighted by molar-refractivity contribution is -0.121. The predicted octanol–water partition coefficient (Wildman–Crippen LogP) is 3.53. The van der Waals surface area contributed by atoms with Gasteiger partial charge in [-0.1, -0.05) is 23.2 Å². The number of hydrogen-bond donors (Lipinski definition) is 3. The van der Waals surface area contributed by atoms with Gasteiger partial charge in [-0.05, 0) is 55.2 Å². The number of carbonyl (C=O) groups excluding carboxylic acids is 2. The van der Waals surface area contributed by atoms with E-state index in [1.54, 1.807) is 12.1 Å². The van der Waals surface area contributed by atoms with Crippen LogP contribution in [0.5, 0.6) is 5.75 Å². The number of hydrogen-bond acceptors (Lipinski definition) is 5. The molecule has 0 saturated carbocycles. The minimum absolute atomic E-state index is 0.0632. The first-order valence-electron chi connectivity index (χ1n) is 7.98. The van der Waals surface area contributed by atoms with Crippen molar-refractivity contribution in [2.24, 2.45) is 5.73 Å². The van der Waals surface area contributed by atoms with Gasteiger partial charge in [0.05, 0.1) is 10.6 Å². The van der Waals surface area contributed by atoms with E-state index in [1.807, 2.05) is 0 Å². The summed E-state index contributed by atoms with van der Waals surface area (Å²) in [6.45, 7) is -0.285. The Kier molecular flexibility index (Phi) is 6.21. The highest BCUT2D eigenvalue weighted by Crippen LogP contribution is 2.38. The lowest BCUT2D eigenvalue weighted by atomic mass is 10.1. The standard InChI is InChI=1S/C17H15Cl2N3O3S2/c18-8-4-5-11(10(19)6-8)25-7-13(23)21-17(26)22-16-14(15(20)24)9-2-1-3-12(9)27-16/h4-6H,1-3,7H2,(H2,20,24)(H2,21,22,23,26). The Bertz CT molecular complexity index is 930. The van der Waals surface area contributed by atoms with Gasteiger partial charge in [0.1, 0.15) is 10.8 Å². The molecule has 0 atom stereocenters. The summed E-state index contributed by atoms with van der Waals surface area (Å²) < 4.78 is 5.35. The van der Waals surface area contributed by atoms with E-state index in [0.717, 1.165) is 29.7 Å². The molecule has 1 heterocycles. The second-order valence-electron chi connectivity index (χ2n) is 5.79. The zero-order valence-corrected chi connectivity index (χ0v) is 17.1. The number of fused-ring (bicyclic) bond motifs is 1. The first kappa shape index (κ1) is 19.9. The van der Waals surface area contributed by atoms with Gasteiger partial charge >= 0.3 is 0 Å². The van der Waals surface area contributed by atoms with E-state index in [-0.39, 0.29) is 11.7 Å². The van der Waals surface area contributed by atoms with Crippen molar-refractivity contribution in [3.05, 3.63) is 44.2 Å². The van der Waals surface area contributed by atoms with Gasteiger partial charge in [-0.3, -0.25) is 14.9 Å². The number of carbonyl (C=O) groups is 2. The van der Waals surface area contributed by atoms with E-state index >= 15 is 0 Å². The molecule has 4 N–H and O–H groups in total. The number of ether oxygens (including phenoxy) is 1. The Morgan fingerprint density at radius 3 is 2.78 bits per heavy atom. The lowest BCUT2D eigenvalue weighted by Crippen LogP contribution is -2.37. The van der Waals surface area contributed by atoms with E-state index in [4.69, 9.17) is 45.9 Å². The maximum Gasteiger partial charge on any atom is 0.264 e. The molecule has 1 aliphatic rings. The molecule has 0 unspecified atom stereocenters. The number of rotatable bonds is 5. The molecule has 27 heavy (non-hydrogen) atoms. The van der Waals surface area contributed by atoms with Crippen LogP contribution < -0.4 is 21.1 Å². The van der Waals surface area contributed by atoms with Gasteiger partial charge in [0.15, 0.2) is 11.7 Å². The highest BCUT2D eigenvalue weighted by atomic mass is 35.5. The summed E-state index contributed by atoms with van der Waals surface area (Å²) >= 11 is 18.4. The van der Waals surface area contributed by atoms with Crippen molar-refractivity contribution in [1.82, 2.24) is 5.32 Å². The molecule has 0 bridgehead atoms. The zero-order chi connectivity index (χ0) is 19.6. The van der Waals surface area contributed by atoms with Gasteiger partial charge in [0, 0.05) is 9.90 Å². The van der Waals surface area contributed by atoms with E-state index in [1.165, 1.54) is 17.4 Å². The van der Waals surface area contributed by atoms with Crippen molar-refractivity contribution in [3.8, 4) is 5.75 Å². The van der Waals surface area contributed by atoms with Gasteiger partial charge in [-0.15, -0.1) is 11.3 Å². The minimum Gasteiger partial charge on any atom is -0.482 e. The molecule has 0 spiro atoms. The van der Waals surface area contributed by atoms with Crippen LogP contribution in [0.1, 0.15) is 27.2 Å². The first-order chi connectivity index (χ1) is 12.8. The maximum absolute atomic E-state index is 12.0. The predicted molar refractivity (Wildman–Crippen MR) is 111 cm³/mol. The van der Waals surface area contributed by atoms with Crippen molar-refractivity contribution >= 4 is 68.7 Å². The number of nitrogens with one attached hydrogen (secondary N) is 2. The fraction of sp³-hybridized carbons (Fsp3) is 0.235. The third-order valence-electron chi connectivity index (χ3n) is 3.90. The second-order valence-corrected chi connectivity index (χ2v) is 8.15. The number of amides is 2. The molecule has 2 aromatic rings. The summed E-state index contributed by atoms with van der Waals surface area (Å²) in [7, 11) is 0. The van der Waals surface area contributed by atoms with Crippen LogP contribution in [-0.4, -0.2) is 23.5 Å². The molecule has 142 valence electrons. The fourth-order valence-corrected chi connectivity index (χ4v) is 4.83. The molecular weight excluding hydrogens is 429 g/mol. The van der Waals surface area contributed by atoms with Crippen molar-refractivity contribution in [2.45, 2.75) is 19.3 Å². The molecule has 0 radical (unpaired) electrons. The summed E-state index contributed by atoms with van der Waals surface area (Å²) in [5.74, 6) is -0.643. The monoisotopic (exact) mass is 443 g/mol. The first-order valence-corrected chi connectivity index (χ1v) is 9.96. The summed E-state index contributed by atoms with van der Waals surface area (Å²) in [6.07, 6.45) is 2.74. The summed E-state index contributed by atoms with van der Waals surface area (Å²) in [5.41, 5.74) is 6.93. The Balaban J connectivity index is 1.58. The normalized spacial score (nSPS) is 12.4. The molecule has 1 aliphatic carbocycles. The number of anilines is 1. The number of thiophene rings is 1. The number of halogens is 2. The van der Waals surface area contributed by atoms with Gasteiger partial charge in [0.2, 0.25) is 0 Å². The number of thiocarbonyl (C=S) groups is 1. The SMILES string of the molecule is NC(=O)c1c(NC(=S)NC(=O)COc2ccc(Cl)cc2Cl)sc2c1CCC2. The van der Waals surface area contributed by atoms with Gasteiger partial charge in [-0.2, -0.15) is 0 Å². The van der Waals surface area contributed by atoms with Crippen LogP contribution in [0.15, 0.2) is 18.2 Å². The number of benzene rings is 1. The van der Waals surface area contributed by atoms with Crippen LogP contribution in [0, 0.1) is 0 Å². The van der Waals surface area contributed by atoms with Crippen molar-refractivity contribution in [2.75, 3.05) is 11.9 Å². The summed E-state index contributed by atoms with van der Waals surface area (Å²) in [4.78, 5) is 24.9. The molecule has 1 aromatic heterocycles. The third-order valence-corrected chi connectivity index (χ3v) is 5.84. The van der Waals surface area contributed by atoms with Crippen LogP contribution in [-0.2, 0) is 17.6 Å². The van der Waals surface area contributed by atoms with E-state index in [2.05, 4.69) is 10.6 Å². The molecule has 0 saturated heterocycles. The molecule has 0 fully saturated rings. The smallest absolute Gasteiger partial charge is 0.264 e. The molecule has 0 aliphatic heterocycles. The molecular formula is C17H15Cl2N3O3S2. The van der Waals surface area contributed by atoms with Crippen LogP contribution in [0.3, 0.4) is 0 Å². The maximum atomic E-state index is 12.0. The Labute approximate surface area is 175 Å². The second kappa shape index (κ2) is 8.43. The molecule has 3 rings (SSSR count). The van der Waals surface area contributed by atoms with E-state index in [9.17, 15) is 9.59 Å². The quantitative estimate of drug-likeness (QED) is 0.614. The number of primary amides is 1. The highest BCUT2D eigenvalue weighted by molar-refractivity contribution is 7.80. The average Bonchev–Trinajstić information content (AvgIpc) is 3.13. The van der Waals surface area contributed by atoms with Crippen LogP contribution >= 0.6 is 46.8 Å². The zero-order valence-electron chi connectivity index (χ0n) is 13.9. The van der Waals surface area contributed by atoms with Gasteiger partial charge in [0.25, 0.3) is 11.8 Å². The van der Waals surface area contributed by atoms with Crippen molar-refractivity contribution < 1.29 is 14.3 Å². The Hall–Kier alpha value is -1.87. The lowest BCUT2D eigenvalue weighted by Gasteiger charge is -2.11. The van der Waals surface area contributed by atoms with Gasteiger partial charge < -0.3 is 15.8 Å². The average molecular weight is 444 g/mol. The van der Waals surface area contributed by atoms with Gasteiger partial charge in [-0.25, -0.2) is 0 Å². The molecule has 2 amide bonds. The van der Waals surface area contributed by atoms with Crippen molar-refractivity contribution in [3.63, 3.8) is 0 Å². The van der Waals surface area contributed by atoms with E-state index in [0.29, 0.717) is 26.4 Å². The largest absolute Gasteiger partial charge is 0.482 e. The summed E-state index contributed by atoms with van der Waals surface area (Å²) in [5, 5.41) is 6.78. The number of aryl methyl sites for hydroxylation is 1.